The van der Waals surface area contributed by atoms with Crippen molar-refractivity contribution in [2.45, 2.75) is 44.1 Å². The van der Waals surface area contributed by atoms with Crippen LogP contribution in [0.4, 0.5) is 29.5 Å². The molecule has 0 atom stereocenters. The van der Waals surface area contributed by atoms with Gasteiger partial charge in [-0.1, -0.05) is 0 Å². The minimum Gasteiger partial charge on any atom is -0.406 e. The Bertz CT molecular complexity index is 1210. The molecule has 1 aromatic carbocycles. The molecule has 3 aliphatic rings. The molecule has 1 saturated carbocycles. The van der Waals surface area contributed by atoms with Gasteiger partial charge in [-0.05, 0) is 87.8 Å². The van der Waals surface area contributed by atoms with E-state index in [4.69, 9.17) is 0 Å². The number of hydrogen-bond acceptors (Lipinski definition) is 6. The van der Waals surface area contributed by atoms with Crippen molar-refractivity contribution in [3.63, 3.8) is 0 Å². The molecule has 2 aliphatic heterocycles. The molecule has 12 heteroatoms. The molecule has 1 aromatic heterocycles. The normalized spacial score (nSPS) is 20.0. The van der Waals surface area contributed by atoms with Crippen molar-refractivity contribution in [2.24, 2.45) is 5.92 Å². The molecule has 5 rings (SSSR count). The molecule has 2 aromatic rings. The lowest BCUT2D eigenvalue weighted by molar-refractivity contribution is -0.274. The molecule has 9 nitrogen and oxygen atoms in total. The third-order valence-corrected chi connectivity index (χ3v) is 7.10. The highest BCUT2D eigenvalue weighted by Gasteiger charge is 2.65. The number of rotatable bonds is 6. The van der Waals surface area contributed by atoms with Crippen LogP contribution >= 0.6 is 0 Å². The molecular weight excluding hydrogens is 491 g/mol. The summed E-state index contributed by atoms with van der Waals surface area (Å²) in [5.74, 6) is -0.656. The standard InChI is InChI=1S/C25H26F3N5O4/c1-31-12-7-17(8-13-31)21(34)30-20-14-16(6-11-29-20)15-32-23(36)33(22(35)24(32)9-10-24)18-2-4-19(5-3-18)37-25(26,27)28/h2-6,11,14,17H,7-10,12-13,15H2,1H3,(H,29,30,34). The van der Waals surface area contributed by atoms with Crippen molar-refractivity contribution >= 4 is 29.4 Å². The Morgan fingerprint density at radius 3 is 2.43 bits per heavy atom. The topological polar surface area (TPSA) is 95.1 Å². The Balaban J connectivity index is 1.29. The maximum atomic E-state index is 13.3. The lowest BCUT2D eigenvalue weighted by Crippen LogP contribution is -2.36. The molecule has 196 valence electrons. The molecule has 1 N–H and O–H groups in total. The Morgan fingerprint density at radius 1 is 1.14 bits per heavy atom. The number of pyridine rings is 1. The summed E-state index contributed by atoms with van der Waals surface area (Å²) in [6, 6.07) is 7.47. The number of carbonyl (C=O) groups is 3. The number of ether oxygens (including phenoxy) is 1. The van der Waals surface area contributed by atoms with Gasteiger partial charge in [0.05, 0.1) is 5.69 Å². The van der Waals surface area contributed by atoms with E-state index in [1.165, 1.54) is 17.0 Å². The molecule has 1 spiro atoms. The Morgan fingerprint density at radius 2 is 1.81 bits per heavy atom. The summed E-state index contributed by atoms with van der Waals surface area (Å²) in [6.45, 7) is 1.83. The van der Waals surface area contributed by atoms with Gasteiger partial charge in [-0.15, -0.1) is 13.2 Å². The second-order valence-electron chi connectivity index (χ2n) is 9.70. The van der Waals surface area contributed by atoms with Crippen molar-refractivity contribution in [1.29, 1.82) is 0 Å². The third-order valence-electron chi connectivity index (χ3n) is 7.10. The minimum atomic E-state index is -4.84. The number of piperidine rings is 1. The van der Waals surface area contributed by atoms with E-state index in [9.17, 15) is 27.6 Å². The molecule has 3 heterocycles. The highest BCUT2D eigenvalue weighted by Crippen LogP contribution is 2.49. The number of halogens is 3. The SMILES string of the molecule is CN1CCC(C(=O)Nc2cc(CN3C(=O)N(c4ccc(OC(F)(F)F)cc4)C(=O)C34CC4)ccn2)CC1. The Kier molecular flexibility index (Phi) is 6.30. The van der Waals surface area contributed by atoms with Crippen molar-refractivity contribution in [2.75, 3.05) is 30.4 Å². The summed E-state index contributed by atoms with van der Waals surface area (Å²) >= 11 is 0. The van der Waals surface area contributed by atoms with Crippen LogP contribution in [0, 0.1) is 5.92 Å². The van der Waals surface area contributed by atoms with Gasteiger partial charge >= 0.3 is 12.4 Å². The molecule has 0 bridgehead atoms. The van der Waals surface area contributed by atoms with E-state index in [1.807, 2.05) is 7.05 Å². The van der Waals surface area contributed by atoms with Gasteiger partial charge in [0.15, 0.2) is 0 Å². The van der Waals surface area contributed by atoms with Crippen molar-refractivity contribution in [3.8, 4) is 5.75 Å². The first-order chi connectivity index (χ1) is 17.6. The van der Waals surface area contributed by atoms with Gasteiger partial charge in [-0.25, -0.2) is 14.7 Å². The van der Waals surface area contributed by atoms with Crippen LogP contribution in [0.1, 0.15) is 31.2 Å². The number of imide groups is 1. The quantitative estimate of drug-likeness (QED) is 0.587. The number of carbonyl (C=O) groups excluding carboxylic acids is 3. The number of nitrogens with zero attached hydrogens (tertiary/aromatic N) is 4. The van der Waals surface area contributed by atoms with Crippen LogP contribution in [0.15, 0.2) is 42.6 Å². The second kappa shape index (κ2) is 9.33. The van der Waals surface area contributed by atoms with Crippen molar-refractivity contribution in [3.05, 3.63) is 48.2 Å². The fourth-order valence-electron chi connectivity index (χ4n) is 4.88. The highest BCUT2D eigenvalue weighted by molar-refractivity contribution is 6.24. The van der Waals surface area contributed by atoms with Crippen molar-refractivity contribution < 1.29 is 32.3 Å². The molecular formula is C25H26F3N5O4. The zero-order chi connectivity index (χ0) is 26.4. The van der Waals surface area contributed by atoms with Gasteiger partial charge in [0.1, 0.15) is 17.1 Å². The van der Waals surface area contributed by atoms with Gasteiger partial charge in [-0.2, -0.15) is 0 Å². The second-order valence-corrected chi connectivity index (χ2v) is 9.70. The van der Waals surface area contributed by atoms with Gasteiger partial charge in [0.2, 0.25) is 5.91 Å². The smallest absolute Gasteiger partial charge is 0.406 e. The number of benzene rings is 1. The molecule has 3 fully saturated rings. The van der Waals surface area contributed by atoms with E-state index in [1.54, 1.807) is 18.3 Å². The maximum absolute atomic E-state index is 13.3. The maximum Gasteiger partial charge on any atom is 0.573 e. The van der Waals surface area contributed by atoms with E-state index in [0.29, 0.717) is 24.2 Å². The van der Waals surface area contributed by atoms with E-state index in [-0.39, 0.29) is 24.1 Å². The van der Waals surface area contributed by atoms with E-state index in [2.05, 4.69) is 19.9 Å². The number of alkyl halides is 3. The number of aromatic nitrogens is 1. The van der Waals surface area contributed by atoms with Crippen LogP contribution in [0.3, 0.4) is 0 Å². The van der Waals surface area contributed by atoms with Crippen LogP contribution < -0.4 is 15.0 Å². The molecule has 37 heavy (non-hydrogen) atoms. The first-order valence-corrected chi connectivity index (χ1v) is 12.0. The van der Waals surface area contributed by atoms with Crippen LogP contribution in [0.5, 0.6) is 5.75 Å². The minimum absolute atomic E-state index is 0.0874. The largest absolute Gasteiger partial charge is 0.573 e. The predicted molar refractivity (Wildman–Crippen MR) is 127 cm³/mol. The number of hydrogen-bond donors (Lipinski definition) is 1. The average Bonchev–Trinajstić information content (AvgIpc) is 3.62. The van der Waals surface area contributed by atoms with Gasteiger partial charge in [-0.3, -0.25) is 9.59 Å². The molecule has 0 radical (unpaired) electrons. The summed E-state index contributed by atoms with van der Waals surface area (Å²) in [7, 11) is 2.02. The predicted octanol–water partition coefficient (Wildman–Crippen LogP) is 3.76. The lowest BCUT2D eigenvalue weighted by Gasteiger charge is -2.28. The third kappa shape index (κ3) is 5.10. The van der Waals surface area contributed by atoms with Crippen molar-refractivity contribution in [1.82, 2.24) is 14.8 Å². The number of nitrogens with one attached hydrogen (secondary N) is 1. The highest BCUT2D eigenvalue weighted by atomic mass is 19.4. The summed E-state index contributed by atoms with van der Waals surface area (Å²) in [5.41, 5.74) is -0.116. The fraction of sp³-hybridized carbons (Fsp3) is 0.440. The molecule has 4 amide bonds. The van der Waals surface area contributed by atoms with Gasteiger partial charge in [0.25, 0.3) is 5.91 Å². The lowest BCUT2D eigenvalue weighted by atomic mass is 9.96. The van der Waals surface area contributed by atoms with E-state index >= 15 is 0 Å². The van der Waals surface area contributed by atoms with E-state index < -0.39 is 29.6 Å². The average molecular weight is 518 g/mol. The van der Waals surface area contributed by atoms with E-state index in [0.717, 1.165) is 43.0 Å². The van der Waals surface area contributed by atoms with Crippen LogP contribution in [0.25, 0.3) is 0 Å². The van der Waals surface area contributed by atoms with Gasteiger partial charge in [0, 0.05) is 18.7 Å². The monoisotopic (exact) mass is 517 g/mol. The summed E-state index contributed by atoms with van der Waals surface area (Å²) in [5, 5.41) is 2.86. The number of amides is 4. The molecule has 1 aliphatic carbocycles. The summed E-state index contributed by atoms with van der Waals surface area (Å²) in [4.78, 5) is 48.1. The zero-order valence-electron chi connectivity index (χ0n) is 20.1. The Labute approximate surface area is 211 Å². The van der Waals surface area contributed by atoms with Crippen LogP contribution in [-0.2, 0) is 16.1 Å². The van der Waals surface area contributed by atoms with Crippen LogP contribution in [0.2, 0.25) is 0 Å². The summed E-state index contributed by atoms with van der Waals surface area (Å²) in [6.07, 6.45) is -0.769. The Hall–Kier alpha value is -3.67. The summed E-state index contributed by atoms with van der Waals surface area (Å²) < 4.78 is 41.3. The van der Waals surface area contributed by atoms with Gasteiger partial charge < -0.3 is 19.9 Å². The number of anilines is 2. The number of likely N-dealkylation sites (tertiary alicyclic amines) is 1. The first-order valence-electron chi connectivity index (χ1n) is 12.0. The molecule has 2 saturated heterocycles. The zero-order valence-corrected chi connectivity index (χ0v) is 20.1. The molecule has 0 unspecified atom stereocenters. The number of urea groups is 1. The first kappa shape index (κ1) is 25.0. The fourth-order valence-corrected chi connectivity index (χ4v) is 4.88. The van der Waals surface area contributed by atoms with Crippen LogP contribution in [-0.4, -0.2) is 64.7 Å².